The fraction of sp³-hybridized carbons (Fsp3) is 0.625. The van der Waals surface area contributed by atoms with Crippen LogP contribution in [0.25, 0.3) is 0 Å². The molecule has 0 bridgehead atoms. The van der Waals surface area contributed by atoms with Gasteiger partial charge < -0.3 is 5.32 Å². The van der Waals surface area contributed by atoms with Gasteiger partial charge >= 0.3 is 0 Å². The van der Waals surface area contributed by atoms with Gasteiger partial charge in [0.1, 0.15) is 0 Å². The summed E-state index contributed by atoms with van der Waals surface area (Å²) in [6.07, 6.45) is 2.52. The molecule has 1 fully saturated rings. The second kappa shape index (κ2) is 6.38. The molecule has 1 saturated heterocycles. The molecular formula is C16H25BrN2. The van der Waals surface area contributed by atoms with Crippen molar-refractivity contribution in [3.05, 3.63) is 34.3 Å². The lowest BCUT2D eigenvalue weighted by Crippen LogP contribution is -2.61. The normalized spacial score (nSPS) is 23.5. The van der Waals surface area contributed by atoms with E-state index in [9.17, 15) is 0 Å². The molecule has 0 aromatic heterocycles. The van der Waals surface area contributed by atoms with Gasteiger partial charge in [0.05, 0.1) is 0 Å². The molecule has 2 nitrogen and oxygen atoms in total. The predicted octanol–water partition coefficient (Wildman–Crippen LogP) is 3.80. The van der Waals surface area contributed by atoms with Crippen molar-refractivity contribution < 1.29 is 0 Å². The molecule has 106 valence electrons. The van der Waals surface area contributed by atoms with Gasteiger partial charge in [-0.3, -0.25) is 4.90 Å². The topological polar surface area (TPSA) is 15.3 Å². The van der Waals surface area contributed by atoms with E-state index >= 15 is 0 Å². The lowest BCUT2D eigenvalue weighted by molar-refractivity contribution is 0.0825. The second-order valence-corrected chi connectivity index (χ2v) is 7.06. The predicted molar refractivity (Wildman–Crippen MR) is 85.3 cm³/mol. The Bertz CT molecular complexity index is 417. The van der Waals surface area contributed by atoms with Crippen LogP contribution >= 0.6 is 15.9 Å². The van der Waals surface area contributed by atoms with Crippen LogP contribution in [0.1, 0.15) is 39.2 Å². The summed E-state index contributed by atoms with van der Waals surface area (Å²) in [6, 6.07) is 9.23. The van der Waals surface area contributed by atoms with Crippen molar-refractivity contribution in [2.45, 2.75) is 51.7 Å². The number of piperazine rings is 1. The van der Waals surface area contributed by atoms with Crippen molar-refractivity contribution in [1.29, 1.82) is 0 Å². The maximum Gasteiger partial charge on any atom is 0.0253 e. The Morgan fingerprint density at radius 3 is 2.79 bits per heavy atom. The van der Waals surface area contributed by atoms with E-state index in [1.165, 1.54) is 22.9 Å². The number of benzene rings is 1. The van der Waals surface area contributed by atoms with Crippen LogP contribution in [0.15, 0.2) is 28.7 Å². The third-order valence-corrected chi connectivity index (χ3v) is 4.66. The summed E-state index contributed by atoms with van der Waals surface area (Å²) >= 11 is 3.67. The molecule has 19 heavy (non-hydrogen) atoms. The second-order valence-electron chi connectivity index (χ2n) is 6.20. The highest BCUT2D eigenvalue weighted by molar-refractivity contribution is 9.10. The van der Waals surface area contributed by atoms with Crippen LogP contribution in [0.4, 0.5) is 0 Å². The zero-order valence-corrected chi connectivity index (χ0v) is 13.8. The van der Waals surface area contributed by atoms with Gasteiger partial charge in [0, 0.05) is 35.7 Å². The molecule has 3 heteroatoms. The van der Waals surface area contributed by atoms with Crippen molar-refractivity contribution in [2.24, 2.45) is 0 Å². The molecule has 2 rings (SSSR count). The number of hydrogen-bond donors (Lipinski definition) is 1. The van der Waals surface area contributed by atoms with Crippen LogP contribution in [0.5, 0.6) is 0 Å². The van der Waals surface area contributed by atoms with E-state index in [4.69, 9.17) is 0 Å². The Hall–Kier alpha value is -0.380. The molecule has 0 spiro atoms. The summed E-state index contributed by atoms with van der Waals surface area (Å²) in [5.74, 6) is 0. The minimum absolute atomic E-state index is 0.214. The van der Waals surface area contributed by atoms with E-state index in [1.807, 2.05) is 0 Å². The van der Waals surface area contributed by atoms with Crippen molar-refractivity contribution in [1.82, 2.24) is 10.2 Å². The average Bonchev–Trinajstić information content (AvgIpc) is 2.35. The molecule has 0 aliphatic carbocycles. The molecular weight excluding hydrogens is 300 g/mol. The molecule has 1 atom stereocenters. The van der Waals surface area contributed by atoms with Gasteiger partial charge in [0.25, 0.3) is 0 Å². The first-order valence-corrected chi connectivity index (χ1v) is 8.03. The zero-order valence-electron chi connectivity index (χ0n) is 12.2. The monoisotopic (exact) mass is 324 g/mol. The van der Waals surface area contributed by atoms with Gasteiger partial charge in [0.15, 0.2) is 0 Å². The van der Waals surface area contributed by atoms with Crippen LogP contribution in [0, 0.1) is 0 Å². The third kappa shape index (κ3) is 4.04. The largest absolute Gasteiger partial charge is 0.309 e. The maximum atomic E-state index is 3.67. The Morgan fingerprint density at radius 1 is 1.37 bits per heavy atom. The van der Waals surface area contributed by atoms with Crippen LogP contribution in [-0.4, -0.2) is 29.6 Å². The number of rotatable bonds is 4. The Balaban J connectivity index is 2.11. The first-order valence-electron chi connectivity index (χ1n) is 7.24. The lowest BCUT2D eigenvalue weighted by Gasteiger charge is -2.45. The summed E-state index contributed by atoms with van der Waals surface area (Å²) in [6.45, 7) is 10.1. The van der Waals surface area contributed by atoms with Gasteiger partial charge in [-0.2, -0.15) is 0 Å². The minimum atomic E-state index is 0.214. The summed E-state index contributed by atoms with van der Waals surface area (Å²) in [4.78, 5) is 2.64. The summed E-state index contributed by atoms with van der Waals surface area (Å²) in [5, 5.41) is 3.67. The van der Waals surface area contributed by atoms with E-state index < -0.39 is 0 Å². The molecule has 0 radical (unpaired) electrons. The van der Waals surface area contributed by atoms with Gasteiger partial charge in [0.2, 0.25) is 0 Å². The van der Waals surface area contributed by atoms with E-state index in [0.717, 1.165) is 19.6 Å². The Labute approximate surface area is 125 Å². The Morgan fingerprint density at radius 2 is 2.11 bits per heavy atom. The molecule has 1 aromatic carbocycles. The SMILES string of the molecule is CCCC1CNC(C)(C)CN1Cc1ccccc1Br. The number of hydrogen-bond acceptors (Lipinski definition) is 2. The van der Waals surface area contributed by atoms with Crippen molar-refractivity contribution >= 4 is 15.9 Å². The summed E-state index contributed by atoms with van der Waals surface area (Å²) in [5.41, 5.74) is 1.60. The number of halogens is 1. The van der Waals surface area contributed by atoms with E-state index in [1.54, 1.807) is 0 Å². The molecule has 1 aromatic rings. The molecule has 0 saturated carbocycles. The zero-order chi connectivity index (χ0) is 13.9. The molecule has 1 N–H and O–H groups in total. The molecule has 1 aliphatic rings. The van der Waals surface area contributed by atoms with Crippen LogP contribution in [0.3, 0.4) is 0 Å². The van der Waals surface area contributed by atoms with Gasteiger partial charge in [-0.15, -0.1) is 0 Å². The van der Waals surface area contributed by atoms with Gasteiger partial charge in [-0.05, 0) is 31.9 Å². The molecule has 0 amide bonds. The fourth-order valence-corrected chi connectivity index (χ4v) is 3.27. The quantitative estimate of drug-likeness (QED) is 0.906. The maximum absolute atomic E-state index is 3.67. The summed E-state index contributed by atoms with van der Waals surface area (Å²) in [7, 11) is 0. The standard InChI is InChI=1S/C16H25BrN2/c1-4-7-14-10-18-16(2,3)12-19(14)11-13-8-5-6-9-15(13)17/h5-6,8-9,14,18H,4,7,10-12H2,1-3H3. The fourth-order valence-electron chi connectivity index (χ4n) is 2.86. The van der Waals surface area contributed by atoms with Crippen molar-refractivity contribution in [3.63, 3.8) is 0 Å². The van der Waals surface area contributed by atoms with E-state index in [0.29, 0.717) is 6.04 Å². The summed E-state index contributed by atoms with van der Waals surface area (Å²) < 4.78 is 1.22. The van der Waals surface area contributed by atoms with Crippen molar-refractivity contribution in [3.8, 4) is 0 Å². The van der Waals surface area contributed by atoms with E-state index in [-0.39, 0.29) is 5.54 Å². The van der Waals surface area contributed by atoms with Gasteiger partial charge in [-0.25, -0.2) is 0 Å². The Kier molecular flexibility index (Phi) is 5.04. The number of nitrogens with zero attached hydrogens (tertiary/aromatic N) is 1. The third-order valence-electron chi connectivity index (χ3n) is 3.88. The van der Waals surface area contributed by atoms with Crippen LogP contribution in [-0.2, 0) is 6.54 Å². The first kappa shape index (κ1) is 15.0. The van der Waals surface area contributed by atoms with Gasteiger partial charge in [-0.1, -0.05) is 47.5 Å². The average molecular weight is 325 g/mol. The number of nitrogens with one attached hydrogen (secondary N) is 1. The van der Waals surface area contributed by atoms with Crippen LogP contribution < -0.4 is 5.32 Å². The lowest BCUT2D eigenvalue weighted by atomic mass is 9.96. The van der Waals surface area contributed by atoms with Crippen LogP contribution in [0.2, 0.25) is 0 Å². The minimum Gasteiger partial charge on any atom is -0.309 e. The smallest absolute Gasteiger partial charge is 0.0253 e. The van der Waals surface area contributed by atoms with Crippen molar-refractivity contribution in [2.75, 3.05) is 13.1 Å². The molecule has 1 aliphatic heterocycles. The highest BCUT2D eigenvalue weighted by Crippen LogP contribution is 2.24. The molecule has 1 heterocycles. The first-order chi connectivity index (χ1) is 9.02. The molecule has 1 unspecified atom stereocenters. The highest BCUT2D eigenvalue weighted by Gasteiger charge is 2.31. The highest BCUT2D eigenvalue weighted by atomic mass is 79.9. The van der Waals surface area contributed by atoms with E-state index in [2.05, 4.69) is 71.2 Å².